The van der Waals surface area contributed by atoms with Crippen molar-refractivity contribution in [1.29, 1.82) is 0 Å². The van der Waals surface area contributed by atoms with Gasteiger partial charge in [-0.2, -0.15) is 0 Å². The van der Waals surface area contributed by atoms with E-state index in [2.05, 4.69) is 0 Å². The fourth-order valence-corrected chi connectivity index (χ4v) is 1.83. The van der Waals surface area contributed by atoms with Crippen LogP contribution >= 0.6 is 0 Å². The van der Waals surface area contributed by atoms with Gasteiger partial charge >= 0.3 is 5.97 Å². The summed E-state index contributed by atoms with van der Waals surface area (Å²) in [4.78, 5) is 11.0. The zero-order chi connectivity index (χ0) is 11.5. The largest absolute Gasteiger partial charge is 0.481 e. The molecule has 2 unspecified atom stereocenters. The Labute approximate surface area is 88.5 Å². The van der Waals surface area contributed by atoms with Gasteiger partial charge in [0, 0.05) is 0 Å². The summed E-state index contributed by atoms with van der Waals surface area (Å²) in [5, 5.41) is 19.4. The molecule has 1 heterocycles. The molecule has 15 heavy (non-hydrogen) atoms. The summed E-state index contributed by atoms with van der Waals surface area (Å²) in [6, 6.07) is 3.25. The van der Waals surface area contributed by atoms with E-state index < -0.39 is 17.5 Å². The van der Waals surface area contributed by atoms with E-state index in [1.165, 1.54) is 6.26 Å². The predicted molar refractivity (Wildman–Crippen MR) is 54.3 cm³/mol. The summed E-state index contributed by atoms with van der Waals surface area (Å²) >= 11 is 0. The second kappa shape index (κ2) is 4.49. The minimum atomic E-state index is -1.41. The zero-order valence-corrected chi connectivity index (χ0v) is 8.93. The maximum atomic E-state index is 11.0. The second-order valence-electron chi connectivity index (χ2n) is 3.55. The van der Waals surface area contributed by atoms with Gasteiger partial charge in [0.2, 0.25) is 0 Å². The molecule has 0 aliphatic rings. The van der Waals surface area contributed by atoms with E-state index in [-0.39, 0.29) is 0 Å². The first kappa shape index (κ1) is 11.8. The monoisotopic (exact) mass is 212 g/mol. The van der Waals surface area contributed by atoms with Gasteiger partial charge in [-0.15, -0.1) is 0 Å². The molecule has 0 saturated carbocycles. The molecule has 2 N–H and O–H groups in total. The Morgan fingerprint density at radius 2 is 2.27 bits per heavy atom. The normalized spacial score (nSPS) is 17.0. The minimum absolute atomic E-state index is 0.311. The molecule has 1 aromatic rings. The number of hydrogen-bond donors (Lipinski definition) is 2. The van der Waals surface area contributed by atoms with Crippen LogP contribution in [0.15, 0.2) is 22.8 Å². The number of carboxylic acid groups (broad SMARTS) is 1. The van der Waals surface area contributed by atoms with Crippen molar-refractivity contribution in [2.45, 2.75) is 32.3 Å². The first-order chi connectivity index (χ1) is 7.06. The summed E-state index contributed by atoms with van der Waals surface area (Å²) in [6.07, 6.45) is 2.11. The standard InChI is InChI=1S/C11H16O4/c1-3-8(10(12)13)11(14,4-2)9-6-5-7-15-9/h5-8,14H,3-4H2,1-2H3,(H,12,13). The highest BCUT2D eigenvalue weighted by molar-refractivity contribution is 5.71. The lowest BCUT2D eigenvalue weighted by Crippen LogP contribution is -2.38. The average molecular weight is 212 g/mol. The molecule has 0 saturated heterocycles. The molecule has 0 radical (unpaired) electrons. The van der Waals surface area contributed by atoms with Crippen LogP contribution in [0.1, 0.15) is 32.4 Å². The number of carbonyl (C=O) groups is 1. The molecule has 1 rings (SSSR count). The van der Waals surface area contributed by atoms with Gasteiger partial charge in [-0.05, 0) is 25.0 Å². The molecular formula is C11H16O4. The van der Waals surface area contributed by atoms with Crippen LogP contribution in [0.3, 0.4) is 0 Å². The third-order valence-electron chi connectivity index (χ3n) is 2.77. The highest BCUT2D eigenvalue weighted by Gasteiger charge is 2.42. The number of hydrogen-bond acceptors (Lipinski definition) is 3. The molecule has 0 spiro atoms. The Morgan fingerprint density at radius 3 is 2.60 bits per heavy atom. The van der Waals surface area contributed by atoms with Crippen LogP contribution < -0.4 is 0 Å². The lowest BCUT2D eigenvalue weighted by atomic mass is 9.81. The summed E-state index contributed by atoms with van der Waals surface area (Å²) in [6.45, 7) is 3.48. The van der Waals surface area contributed by atoms with Crippen LogP contribution in [-0.2, 0) is 10.4 Å². The Hall–Kier alpha value is -1.29. The molecule has 0 bridgehead atoms. The Balaban J connectivity index is 3.08. The van der Waals surface area contributed by atoms with Gasteiger partial charge < -0.3 is 14.6 Å². The lowest BCUT2D eigenvalue weighted by Gasteiger charge is -2.30. The van der Waals surface area contributed by atoms with E-state index >= 15 is 0 Å². The van der Waals surface area contributed by atoms with Crippen molar-refractivity contribution >= 4 is 5.97 Å². The lowest BCUT2D eigenvalue weighted by molar-refractivity contribution is -0.155. The van der Waals surface area contributed by atoms with Crippen LogP contribution in [0.2, 0.25) is 0 Å². The zero-order valence-electron chi connectivity index (χ0n) is 8.93. The number of furan rings is 1. The summed E-state index contributed by atoms with van der Waals surface area (Å²) in [5.74, 6) is -1.52. The number of aliphatic hydroxyl groups is 1. The average Bonchev–Trinajstić information content (AvgIpc) is 2.71. The fourth-order valence-electron chi connectivity index (χ4n) is 1.83. The molecule has 2 atom stereocenters. The molecule has 0 fully saturated rings. The van der Waals surface area contributed by atoms with Crippen molar-refractivity contribution in [2.24, 2.45) is 5.92 Å². The van der Waals surface area contributed by atoms with Gasteiger partial charge in [0.05, 0.1) is 12.2 Å². The van der Waals surface area contributed by atoms with Gasteiger partial charge in [-0.3, -0.25) is 4.79 Å². The van der Waals surface area contributed by atoms with Crippen molar-refractivity contribution in [3.05, 3.63) is 24.2 Å². The van der Waals surface area contributed by atoms with Crippen molar-refractivity contribution in [3.63, 3.8) is 0 Å². The fraction of sp³-hybridized carbons (Fsp3) is 0.545. The molecule has 4 nitrogen and oxygen atoms in total. The first-order valence-electron chi connectivity index (χ1n) is 5.05. The van der Waals surface area contributed by atoms with E-state index in [9.17, 15) is 9.90 Å². The smallest absolute Gasteiger partial charge is 0.309 e. The number of aliphatic carboxylic acids is 1. The van der Waals surface area contributed by atoms with E-state index in [4.69, 9.17) is 9.52 Å². The second-order valence-corrected chi connectivity index (χ2v) is 3.55. The van der Waals surface area contributed by atoms with E-state index in [0.717, 1.165) is 0 Å². The van der Waals surface area contributed by atoms with Crippen LogP contribution in [0.25, 0.3) is 0 Å². The molecule has 0 aliphatic carbocycles. The molecule has 0 aromatic carbocycles. The van der Waals surface area contributed by atoms with Gasteiger partial charge in [0.1, 0.15) is 11.4 Å². The Morgan fingerprint density at radius 1 is 1.60 bits per heavy atom. The third-order valence-corrected chi connectivity index (χ3v) is 2.77. The molecular weight excluding hydrogens is 196 g/mol. The molecule has 1 aromatic heterocycles. The van der Waals surface area contributed by atoms with Crippen molar-refractivity contribution in [1.82, 2.24) is 0 Å². The van der Waals surface area contributed by atoms with E-state index in [1.54, 1.807) is 26.0 Å². The summed E-state index contributed by atoms with van der Waals surface area (Å²) in [5.41, 5.74) is -1.41. The van der Waals surface area contributed by atoms with Crippen LogP contribution in [-0.4, -0.2) is 16.2 Å². The van der Waals surface area contributed by atoms with Crippen LogP contribution in [0.5, 0.6) is 0 Å². The maximum Gasteiger partial charge on any atom is 0.309 e. The predicted octanol–water partition coefficient (Wildman–Crippen LogP) is 1.99. The van der Waals surface area contributed by atoms with Gasteiger partial charge in [-0.25, -0.2) is 0 Å². The summed E-state index contributed by atoms with van der Waals surface area (Å²) in [7, 11) is 0. The Bertz CT molecular complexity index is 317. The highest BCUT2D eigenvalue weighted by Crippen LogP contribution is 2.35. The quantitative estimate of drug-likeness (QED) is 0.783. The maximum absolute atomic E-state index is 11.0. The number of rotatable bonds is 5. The molecule has 4 heteroatoms. The van der Waals surface area contributed by atoms with Crippen molar-refractivity contribution < 1.29 is 19.4 Å². The Kier molecular flexibility index (Phi) is 3.52. The molecule has 84 valence electrons. The van der Waals surface area contributed by atoms with Gasteiger partial charge in [0.25, 0.3) is 0 Å². The molecule has 0 aliphatic heterocycles. The van der Waals surface area contributed by atoms with Crippen LogP contribution in [0.4, 0.5) is 0 Å². The van der Waals surface area contributed by atoms with Crippen molar-refractivity contribution in [2.75, 3.05) is 0 Å². The van der Waals surface area contributed by atoms with Gasteiger partial charge in [-0.1, -0.05) is 13.8 Å². The number of carboxylic acids is 1. The van der Waals surface area contributed by atoms with E-state index in [1.807, 2.05) is 0 Å². The van der Waals surface area contributed by atoms with Crippen molar-refractivity contribution in [3.8, 4) is 0 Å². The SMILES string of the molecule is CCC(C(=O)O)C(O)(CC)c1ccco1. The highest BCUT2D eigenvalue weighted by atomic mass is 16.4. The minimum Gasteiger partial charge on any atom is -0.481 e. The van der Waals surface area contributed by atoms with Gasteiger partial charge in [0.15, 0.2) is 0 Å². The summed E-state index contributed by atoms with van der Waals surface area (Å²) < 4.78 is 5.11. The topological polar surface area (TPSA) is 70.7 Å². The van der Waals surface area contributed by atoms with E-state index in [0.29, 0.717) is 18.6 Å². The molecule has 0 amide bonds. The first-order valence-corrected chi connectivity index (χ1v) is 5.05. The third kappa shape index (κ3) is 2.04. The van der Waals surface area contributed by atoms with Crippen LogP contribution in [0, 0.1) is 5.92 Å².